The summed E-state index contributed by atoms with van der Waals surface area (Å²) >= 11 is 0. The Kier molecular flexibility index (Phi) is 7.05. The highest BCUT2D eigenvalue weighted by Crippen LogP contribution is 2.24. The van der Waals surface area contributed by atoms with Crippen LogP contribution in [0.2, 0.25) is 0 Å². The number of fused-ring (bicyclic) bond motifs is 1. The first-order chi connectivity index (χ1) is 17.3. The van der Waals surface area contributed by atoms with E-state index in [0.29, 0.717) is 16.8 Å². The molecule has 0 saturated carbocycles. The summed E-state index contributed by atoms with van der Waals surface area (Å²) in [5.41, 5.74) is 15.6. The molecule has 0 aliphatic rings. The molecule has 184 valence electrons. The number of aryl methyl sites for hydroxylation is 4. The van der Waals surface area contributed by atoms with E-state index in [9.17, 15) is 4.79 Å². The number of rotatable bonds is 4. The third-order valence-corrected chi connectivity index (χ3v) is 5.73. The van der Waals surface area contributed by atoms with Gasteiger partial charge in [-0.3, -0.25) is 14.0 Å². The number of aromatic nitrogens is 7. The quantitative estimate of drug-likeness (QED) is 0.396. The Morgan fingerprint density at radius 2 is 1.61 bits per heavy atom. The van der Waals surface area contributed by atoms with Crippen molar-refractivity contribution in [2.24, 2.45) is 7.05 Å². The van der Waals surface area contributed by atoms with E-state index in [1.54, 1.807) is 22.6 Å². The molecule has 10 heteroatoms. The normalized spacial score (nSPS) is 10.8. The maximum Gasteiger partial charge on any atom is 0.266 e. The zero-order valence-corrected chi connectivity index (χ0v) is 20.8. The number of nitrogen functional groups attached to an aromatic ring is 2. The van der Waals surface area contributed by atoms with E-state index >= 15 is 0 Å². The molecule has 0 unspecified atom stereocenters. The van der Waals surface area contributed by atoms with Gasteiger partial charge < -0.3 is 11.5 Å². The molecule has 2 aromatic carbocycles. The molecule has 36 heavy (non-hydrogen) atoms. The van der Waals surface area contributed by atoms with Crippen molar-refractivity contribution in [3.8, 4) is 17.1 Å². The van der Waals surface area contributed by atoms with Gasteiger partial charge >= 0.3 is 0 Å². The van der Waals surface area contributed by atoms with Crippen LogP contribution in [0.3, 0.4) is 0 Å². The topological polar surface area (TPSA) is 143 Å². The first kappa shape index (κ1) is 24.5. The van der Waals surface area contributed by atoms with Crippen LogP contribution < -0.4 is 17.0 Å². The molecule has 10 nitrogen and oxygen atoms in total. The van der Waals surface area contributed by atoms with Gasteiger partial charge in [0.1, 0.15) is 35.7 Å². The van der Waals surface area contributed by atoms with Crippen LogP contribution in [0.1, 0.15) is 30.3 Å². The second kappa shape index (κ2) is 10.3. The Hall–Kier alpha value is -4.60. The summed E-state index contributed by atoms with van der Waals surface area (Å²) in [5, 5.41) is 4.78. The number of benzene rings is 2. The smallest absolute Gasteiger partial charge is 0.266 e. The molecule has 0 aliphatic carbocycles. The molecule has 0 spiro atoms. The first-order valence-corrected chi connectivity index (χ1v) is 11.6. The molecule has 0 amide bonds. The highest BCUT2D eigenvalue weighted by atomic mass is 16.1. The summed E-state index contributed by atoms with van der Waals surface area (Å²) in [6.07, 6.45) is 4.60. The van der Waals surface area contributed by atoms with Crippen molar-refractivity contribution in [1.82, 2.24) is 34.3 Å². The van der Waals surface area contributed by atoms with Gasteiger partial charge in [-0.1, -0.05) is 37.3 Å². The van der Waals surface area contributed by atoms with Crippen molar-refractivity contribution in [3.05, 3.63) is 82.4 Å². The lowest BCUT2D eigenvalue weighted by atomic mass is 10.1. The van der Waals surface area contributed by atoms with Gasteiger partial charge in [-0.05, 0) is 43.5 Å². The van der Waals surface area contributed by atoms with Crippen LogP contribution in [0.5, 0.6) is 0 Å². The lowest BCUT2D eigenvalue weighted by Crippen LogP contribution is -2.25. The van der Waals surface area contributed by atoms with E-state index in [2.05, 4.69) is 27.0 Å². The number of hydrogen-bond donors (Lipinski definition) is 2. The average Bonchev–Trinajstić information content (AvgIpc) is 3.26. The van der Waals surface area contributed by atoms with Gasteiger partial charge in [0.15, 0.2) is 5.82 Å². The fraction of sp³-hybridized carbons (Fsp3) is 0.231. The van der Waals surface area contributed by atoms with Crippen LogP contribution in [0, 0.1) is 13.8 Å². The number of nitrogens with zero attached hydrogens (tertiary/aromatic N) is 7. The van der Waals surface area contributed by atoms with Crippen molar-refractivity contribution in [2.75, 3.05) is 11.5 Å². The SMILES string of the molecule is CCCc1nc2cccc(C)c2c(=O)n1-c1ccccc1C.Cn1cnc(-c2c(N)ncnc2N)n1. The molecule has 3 aromatic heterocycles. The molecule has 0 bridgehead atoms. The Bertz CT molecular complexity index is 1570. The summed E-state index contributed by atoms with van der Waals surface area (Å²) in [7, 11) is 1.76. The second-order valence-corrected chi connectivity index (χ2v) is 8.44. The highest BCUT2D eigenvalue weighted by Gasteiger charge is 2.15. The fourth-order valence-electron chi connectivity index (χ4n) is 3.99. The summed E-state index contributed by atoms with van der Waals surface area (Å²) in [5.74, 6) is 1.83. The predicted molar refractivity (Wildman–Crippen MR) is 142 cm³/mol. The van der Waals surface area contributed by atoms with Crippen LogP contribution in [0.25, 0.3) is 28.0 Å². The van der Waals surface area contributed by atoms with E-state index in [0.717, 1.165) is 41.0 Å². The Morgan fingerprint density at radius 3 is 2.25 bits per heavy atom. The predicted octanol–water partition coefficient (Wildman–Crippen LogP) is 3.39. The van der Waals surface area contributed by atoms with Gasteiger partial charge in [0.05, 0.1) is 16.6 Å². The Morgan fingerprint density at radius 1 is 0.917 bits per heavy atom. The van der Waals surface area contributed by atoms with Gasteiger partial charge in [0.2, 0.25) is 0 Å². The fourth-order valence-corrected chi connectivity index (χ4v) is 3.99. The van der Waals surface area contributed by atoms with Crippen LogP contribution >= 0.6 is 0 Å². The molecule has 5 rings (SSSR count). The van der Waals surface area contributed by atoms with Crippen LogP contribution in [0.15, 0.2) is 59.9 Å². The van der Waals surface area contributed by atoms with E-state index in [-0.39, 0.29) is 17.2 Å². The summed E-state index contributed by atoms with van der Waals surface area (Å²) in [6.45, 7) is 6.10. The molecular weight excluding hydrogens is 454 g/mol. The first-order valence-electron chi connectivity index (χ1n) is 11.6. The molecule has 4 N–H and O–H groups in total. The maximum absolute atomic E-state index is 13.1. The number of hydrogen-bond acceptors (Lipinski definition) is 8. The third-order valence-electron chi connectivity index (χ3n) is 5.73. The molecular formula is C26H29N9O. The third kappa shape index (κ3) is 4.78. The molecule has 0 atom stereocenters. The summed E-state index contributed by atoms with van der Waals surface area (Å²) < 4.78 is 3.34. The monoisotopic (exact) mass is 483 g/mol. The van der Waals surface area contributed by atoms with Gasteiger partial charge in [-0.15, -0.1) is 0 Å². The number of anilines is 2. The summed E-state index contributed by atoms with van der Waals surface area (Å²) in [6, 6.07) is 13.8. The lowest BCUT2D eigenvalue weighted by molar-refractivity contribution is 0.768. The second-order valence-electron chi connectivity index (χ2n) is 8.44. The standard InChI is InChI=1S/C19H20N2O.C7H9N7/c1-4-8-17-20-15-11-7-10-14(3)18(15)19(22)21(17)16-12-6-5-9-13(16)2;1-14-3-12-7(13-14)4-5(8)10-2-11-6(4)9/h5-7,9-12H,4,8H2,1-3H3;2-3H,1H3,(H4,8,9,10,11). The Balaban J connectivity index is 0.000000187. The molecule has 0 radical (unpaired) electrons. The van der Waals surface area contributed by atoms with Gasteiger partial charge in [-0.25, -0.2) is 19.9 Å². The number of para-hydroxylation sites is 1. The van der Waals surface area contributed by atoms with Crippen LogP contribution in [0.4, 0.5) is 11.6 Å². The Labute approximate surface area is 208 Å². The van der Waals surface area contributed by atoms with Crippen LogP contribution in [-0.2, 0) is 13.5 Å². The zero-order valence-electron chi connectivity index (χ0n) is 20.8. The minimum Gasteiger partial charge on any atom is -0.383 e. The molecule has 5 aromatic rings. The lowest BCUT2D eigenvalue weighted by Gasteiger charge is -2.15. The van der Waals surface area contributed by atoms with Crippen molar-refractivity contribution in [2.45, 2.75) is 33.6 Å². The maximum atomic E-state index is 13.1. The zero-order chi connectivity index (χ0) is 25.8. The van der Waals surface area contributed by atoms with Gasteiger partial charge in [0, 0.05) is 13.5 Å². The van der Waals surface area contributed by atoms with E-state index in [1.165, 1.54) is 6.33 Å². The minimum atomic E-state index is 0.0286. The van der Waals surface area contributed by atoms with E-state index < -0.39 is 0 Å². The molecule has 0 saturated heterocycles. The molecule has 0 aliphatic heterocycles. The molecule has 0 fully saturated rings. The largest absolute Gasteiger partial charge is 0.383 e. The van der Waals surface area contributed by atoms with Crippen molar-refractivity contribution >= 4 is 22.5 Å². The van der Waals surface area contributed by atoms with Crippen molar-refractivity contribution in [1.29, 1.82) is 0 Å². The van der Waals surface area contributed by atoms with E-state index in [4.69, 9.17) is 16.5 Å². The van der Waals surface area contributed by atoms with Crippen molar-refractivity contribution in [3.63, 3.8) is 0 Å². The average molecular weight is 484 g/mol. The summed E-state index contributed by atoms with van der Waals surface area (Å²) in [4.78, 5) is 29.6. The number of nitrogens with two attached hydrogens (primary N) is 2. The molecule has 3 heterocycles. The van der Waals surface area contributed by atoms with E-state index in [1.807, 2.05) is 56.3 Å². The van der Waals surface area contributed by atoms with Crippen LogP contribution in [-0.4, -0.2) is 34.3 Å². The van der Waals surface area contributed by atoms with Gasteiger partial charge in [0.25, 0.3) is 5.56 Å². The van der Waals surface area contributed by atoms with Crippen molar-refractivity contribution < 1.29 is 0 Å². The van der Waals surface area contributed by atoms with Gasteiger partial charge in [-0.2, -0.15) is 5.10 Å². The minimum absolute atomic E-state index is 0.0286. The highest BCUT2D eigenvalue weighted by molar-refractivity contribution is 5.81.